The Bertz CT molecular complexity index is 1010. The molecule has 1 aromatic heterocycles. The molecule has 0 saturated carbocycles. The zero-order valence-electron chi connectivity index (χ0n) is 14.9. The Morgan fingerprint density at radius 3 is 2.20 bits per heavy atom. The summed E-state index contributed by atoms with van der Waals surface area (Å²) >= 11 is 1.51. The normalized spacial score (nSPS) is 11.8. The molecule has 0 N–H and O–H groups in total. The number of methoxy groups -OCH3 is 2. The number of hydrogen-bond donors (Lipinski definition) is 0. The fraction of sp³-hybridized carbons (Fsp3) is 0.263. The fourth-order valence-electron chi connectivity index (χ4n) is 2.87. The predicted molar refractivity (Wildman–Crippen MR) is 99.7 cm³/mol. The van der Waals surface area contributed by atoms with Crippen molar-refractivity contribution in [2.75, 3.05) is 14.2 Å². The van der Waals surface area contributed by atoms with Crippen molar-refractivity contribution in [2.24, 2.45) is 12.0 Å². The molecule has 0 bridgehead atoms. The van der Waals surface area contributed by atoms with Crippen LogP contribution in [-0.4, -0.2) is 24.7 Å². The Morgan fingerprint density at radius 1 is 1.04 bits per heavy atom. The third-order valence-corrected chi connectivity index (χ3v) is 5.45. The molecule has 0 atom stereocenters. The van der Waals surface area contributed by atoms with E-state index in [2.05, 4.69) is 31.0 Å². The number of hydrogen-bond acceptors (Lipinski definition) is 4. The average Bonchev–Trinajstić information content (AvgIpc) is 2.95. The van der Waals surface area contributed by atoms with Crippen LogP contribution in [0.1, 0.15) is 21.5 Å². The summed E-state index contributed by atoms with van der Waals surface area (Å²) in [6, 6.07) is 9.40. The maximum absolute atomic E-state index is 12.8. The van der Waals surface area contributed by atoms with E-state index in [0.29, 0.717) is 21.9 Å². The highest BCUT2D eigenvalue weighted by atomic mass is 32.1. The number of rotatable bonds is 3. The lowest BCUT2D eigenvalue weighted by Gasteiger charge is -2.09. The number of ether oxygens (including phenoxy) is 2. The lowest BCUT2D eigenvalue weighted by molar-refractivity contribution is 0.0992. The first-order valence-corrected chi connectivity index (χ1v) is 8.65. The monoisotopic (exact) mass is 356 g/mol. The summed E-state index contributed by atoms with van der Waals surface area (Å²) < 4.78 is 13.7. The van der Waals surface area contributed by atoms with Crippen LogP contribution >= 0.6 is 11.3 Å². The van der Waals surface area contributed by atoms with Gasteiger partial charge in [0.15, 0.2) is 4.80 Å². The second-order valence-electron chi connectivity index (χ2n) is 5.78. The Labute approximate surface area is 150 Å². The number of amides is 1. The summed E-state index contributed by atoms with van der Waals surface area (Å²) in [7, 11) is 4.98. The summed E-state index contributed by atoms with van der Waals surface area (Å²) in [6.45, 7) is 4.12. The van der Waals surface area contributed by atoms with Crippen LogP contribution in [0.3, 0.4) is 0 Å². The lowest BCUT2D eigenvalue weighted by atomic mass is 10.1. The number of carbonyl (C=O) groups excluding carboxylic acids is 1. The molecule has 0 aliphatic heterocycles. The van der Waals surface area contributed by atoms with Crippen LogP contribution in [0.25, 0.3) is 10.2 Å². The first-order chi connectivity index (χ1) is 12.0. The minimum Gasteiger partial charge on any atom is -0.496 e. The summed E-state index contributed by atoms with van der Waals surface area (Å²) in [5.41, 5.74) is 3.76. The van der Waals surface area contributed by atoms with Gasteiger partial charge in [0.25, 0.3) is 5.91 Å². The molecule has 130 valence electrons. The van der Waals surface area contributed by atoms with E-state index in [-0.39, 0.29) is 5.91 Å². The fourth-order valence-corrected chi connectivity index (χ4v) is 4.04. The van der Waals surface area contributed by atoms with Gasteiger partial charge in [0.2, 0.25) is 0 Å². The van der Waals surface area contributed by atoms with Gasteiger partial charge in [0.05, 0.1) is 24.4 Å². The molecule has 0 aliphatic rings. The van der Waals surface area contributed by atoms with Crippen molar-refractivity contribution in [3.63, 3.8) is 0 Å². The standard InChI is InChI=1S/C19H20N2O3S/c1-11-9-10-12(2)17-16(11)21(3)19(25-17)20-18(22)15-13(23-4)7-6-8-14(15)24-5/h6-10H,1-5H3. The van der Waals surface area contributed by atoms with Gasteiger partial charge in [0, 0.05) is 7.05 Å². The predicted octanol–water partition coefficient (Wildman–Crippen LogP) is 3.61. The molecule has 0 unspecified atom stereocenters. The van der Waals surface area contributed by atoms with Crippen molar-refractivity contribution < 1.29 is 14.3 Å². The minimum atomic E-state index is -0.383. The third-order valence-electron chi connectivity index (χ3n) is 4.18. The highest BCUT2D eigenvalue weighted by Crippen LogP contribution is 2.29. The van der Waals surface area contributed by atoms with Crippen molar-refractivity contribution in [2.45, 2.75) is 13.8 Å². The van der Waals surface area contributed by atoms with Crippen molar-refractivity contribution in [3.8, 4) is 11.5 Å². The highest BCUT2D eigenvalue weighted by molar-refractivity contribution is 7.16. The number of aromatic nitrogens is 1. The Kier molecular flexibility index (Phi) is 4.63. The zero-order chi connectivity index (χ0) is 18.1. The Balaban J connectivity index is 2.22. The van der Waals surface area contributed by atoms with E-state index in [1.807, 2.05) is 11.6 Å². The summed E-state index contributed by atoms with van der Waals surface area (Å²) in [6.07, 6.45) is 0. The highest BCUT2D eigenvalue weighted by Gasteiger charge is 2.18. The Hall–Kier alpha value is -2.60. The van der Waals surface area contributed by atoms with E-state index in [1.165, 1.54) is 31.1 Å². The molecule has 2 aromatic carbocycles. The summed E-state index contributed by atoms with van der Waals surface area (Å²) in [4.78, 5) is 17.8. The van der Waals surface area contributed by atoms with Crippen LogP contribution in [0, 0.1) is 13.8 Å². The molecule has 0 fully saturated rings. The van der Waals surface area contributed by atoms with E-state index in [9.17, 15) is 4.79 Å². The molecule has 25 heavy (non-hydrogen) atoms. The van der Waals surface area contributed by atoms with Crippen LogP contribution < -0.4 is 14.3 Å². The van der Waals surface area contributed by atoms with Gasteiger partial charge in [-0.3, -0.25) is 4.79 Å². The molecule has 0 radical (unpaired) electrons. The third kappa shape index (κ3) is 2.93. The minimum absolute atomic E-state index is 0.332. The van der Waals surface area contributed by atoms with Crippen molar-refractivity contribution in [1.82, 2.24) is 4.57 Å². The largest absolute Gasteiger partial charge is 0.496 e. The lowest BCUT2D eigenvalue weighted by Crippen LogP contribution is -2.14. The smallest absolute Gasteiger partial charge is 0.287 e. The van der Waals surface area contributed by atoms with E-state index >= 15 is 0 Å². The number of thiazole rings is 1. The van der Waals surface area contributed by atoms with Crippen LogP contribution in [-0.2, 0) is 7.05 Å². The second-order valence-corrected chi connectivity index (χ2v) is 6.75. The topological polar surface area (TPSA) is 52.8 Å². The maximum Gasteiger partial charge on any atom is 0.287 e. The van der Waals surface area contributed by atoms with Gasteiger partial charge in [-0.1, -0.05) is 29.5 Å². The molecule has 3 aromatic rings. The SMILES string of the molecule is COc1cccc(OC)c1C(=O)N=c1sc2c(C)ccc(C)c2n1C. The van der Waals surface area contributed by atoms with Gasteiger partial charge >= 0.3 is 0 Å². The molecule has 1 amide bonds. The first kappa shape index (κ1) is 17.2. The molecular weight excluding hydrogens is 336 g/mol. The van der Waals surface area contributed by atoms with Gasteiger partial charge in [-0.25, -0.2) is 0 Å². The van der Waals surface area contributed by atoms with Crippen molar-refractivity contribution in [1.29, 1.82) is 0 Å². The maximum atomic E-state index is 12.8. The first-order valence-electron chi connectivity index (χ1n) is 7.83. The second kappa shape index (κ2) is 6.72. The molecule has 0 aliphatic carbocycles. The number of nitrogens with zero attached hydrogens (tertiary/aromatic N) is 2. The van der Waals surface area contributed by atoms with E-state index in [0.717, 1.165) is 15.8 Å². The molecule has 6 heteroatoms. The number of aryl methyl sites for hydroxylation is 3. The zero-order valence-corrected chi connectivity index (χ0v) is 15.7. The van der Waals surface area contributed by atoms with Gasteiger partial charge in [0.1, 0.15) is 17.1 Å². The molecule has 3 rings (SSSR count). The van der Waals surface area contributed by atoms with E-state index in [1.54, 1.807) is 18.2 Å². The quantitative estimate of drug-likeness (QED) is 0.720. The molecule has 0 spiro atoms. The molecule has 0 saturated heterocycles. The van der Waals surface area contributed by atoms with Gasteiger partial charge < -0.3 is 14.0 Å². The summed E-state index contributed by atoms with van der Waals surface area (Å²) in [5, 5.41) is 0. The van der Waals surface area contributed by atoms with Crippen molar-refractivity contribution in [3.05, 3.63) is 51.8 Å². The van der Waals surface area contributed by atoms with Crippen molar-refractivity contribution >= 4 is 27.5 Å². The van der Waals surface area contributed by atoms with Gasteiger partial charge in [-0.05, 0) is 37.1 Å². The summed E-state index contributed by atoms with van der Waals surface area (Å²) in [5.74, 6) is 0.514. The molecule has 1 heterocycles. The number of benzene rings is 2. The van der Waals surface area contributed by atoms with E-state index < -0.39 is 0 Å². The van der Waals surface area contributed by atoms with Crippen LogP contribution in [0.5, 0.6) is 11.5 Å². The number of fused-ring (bicyclic) bond motifs is 1. The van der Waals surface area contributed by atoms with Crippen LogP contribution in [0.4, 0.5) is 0 Å². The average molecular weight is 356 g/mol. The molecular formula is C19H20N2O3S. The van der Waals surface area contributed by atoms with Gasteiger partial charge in [-0.2, -0.15) is 4.99 Å². The van der Waals surface area contributed by atoms with E-state index in [4.69, 9.17) is 9.47 Å². The molecule has 5 nitrogen and oxygen atoms in total. The van der Waals surface area contributed by atoms with Crippen LogP contribution in [0.2, 0.25) is 0 Å². The number of carbonyl (C=O) groups is 1. The Morgan fingerprint density at radius 2 is 1.64 bits per heavy atom. The van der Waals surface area contributed by atoms with Crippen LogP contribution in [0.15, 0.2) is 35.3 Å². The van der Waals surface area contributed by atoms with Gasteiger partial charge in [-0.15, -0.1) is 0 Å².